The second-order valence-corrected chi connectivity index (χ2v) is 12.4. The van der Waals surface area contributed by atoms with Crippen LogP contribution in [0.1, 0.15) is 0 Å². The minimum Gasteiger partial charge on any atom is -0.456 e. The molecule has 0 aliphatic heterocycles. The van der Waals surface area contributed by atoms with Crippen molar-refractivity contribution < 1.29 is 8.83 Å². The van der Waals surface area contributed by atoms with Gasteiger partial charge in [-0.25, -0.2) is 15.0 Å². The zero-order valence-electron chi connectivity index (χ0n) is 26.7. The van der Waals surface area contributed by atoms with Crippen molar-refractivity contribution >= 4 is 43.9 Å². The molecule has 0 atom stereocenters. The quantitative estimate of drug-likeness (QED) is 0.187. The molecular formula is C45H27N3O2. The molecule has 0 aliphatic carbocycles. The first-order chi connectivity index (χ1) is 24.8. The van der Waals surface area contributed by atoms with Gasteiger partial charge in [-0.15, -0.1) is 0 Å². The normalized spacial score (nSPS) is 11.6. The van der Waals surface area contributed by atoms with Crippen LogP contribution < -0.4 is 0 Å². The van der Waals surface area contributed by atoms with Gasteiger partial charge in [-0.2, -0.15) is 0 Å². The van der Waals surface area contributed by atoms with Gasteiger partial charge in [-0.05, 0) is 41.0 Å². The van der Waals surface area contributed by atoms with E-state index in [1.165, 1.54) is 0 Å². The molecular weight excluding hydrogens is 615 g/mol. The van der Waals surface area contributed by atoms with Gasteiger partial charge in [0.25, 0.3) is 0 Å². The molecule has 5 nitrogen and oxygen atoms in total. The highest BCUT2D eigenvalue weighted by Gasteiger charge is 2.18. The summed E-state index contributed by atoms with van der Waals surface area (Å²) in [6.07, 6.45) is 0. The molecule has 10 rings (SSSR count). The van der Waals surface area contributed by atoms with Gasteiger partial charge in [0.2, 0.25) is 0 Å². The van der Waals surface area contributed by atoms with Crippen LogP contribution in [0.2, 0.25) is 0 Å². The van der Waals surface area contributed by atoms with Crippen molar-refractivity contribution in [3.63, 3.8) is 0 Å². The van der Waals surface area contributed by atoms with Crippen LogP contribution in [0.25, 0.3) is 100 Å². The molecule has 7 aromatic carbocycles. The highest BCUT2D eigenvalue weighted by molar-refractivity contribution is 6.16. The zero-order chi connectivity index (χ0) is 33.0. The molecule has 0 radical (unpaired) electrons. The van der Waals surface area contributed by atoms with Gasteiger partial charge < -0.3 is 8.83 Å². The van der Waals surface area contributed by atoms with Crippen LogP contribution in [0.4, 0.5) is 0 Å². The maximum Gasteiger partial charge on any atom is 0.164 e. The monoisotopic (exact) mass is 641 g/mol. The summed E-state index contributed by atoms with van der Waals surface area (Å²) >= 11 is 0. The van der Waals surface area contributed by atoms with Gasteiger partial charge in [0.1, 0.15) is 22.3 Å². The van der Waals surface area contributed by atoms with Gasteiger partial charge in [-0.1, -0.05) is 140 Å². The fraction of sp³-hybridized carbons (Fsp3) is 0. The van der Waals surface area contributed by atoms with Crippen molar-refractivity contribution in [3.05, 3.63) is 164 Å². The van der Waals surface area contributed by atoms with E-state index in [0.29, 0.717) is 17.5 Å². The molecule has 50 heavy (non-hydrogen) atoms. The summed E-state index contributed by atoms with van der Waals surface area (Å²) in [5, 5.41) is 4.39. The Balaban J connectivity index is 1.07. The lowest BCUT2D eigenvalue weighted by Gasteiger charge is -2.09. The standard InChI is InChI=1S/C45H27N3O2/c1-3-11-29(12-4-1)43-46-44(30-13-5-2-6-14-30)48-45(47-43)31-23-21-28(22-24-31)34-17-9-18-36-41-33(16-10-20-40(41)50-42(34)36)32-25-26-39-37(27-32)35-15-7-8-19-38(35)49-39/h1-27H. The van der Waals surface area contributed by atoms with E-state index in [1.807, 2.05) is 78.9 Å². The molecule has 10 aromatic rings. The maximum atomic E-state index is 6.64. The third-order valence-corrected chi connectivity index (χ3v) is 9.36. The SMILES string of the molecule is c1ccc(-c2nc(-c3ccccc3)nc(-c3ccc(-c4cccc5c4oc4cccc(-c6ccc7oc8ccccc8c7c6)c45)cc3)n2)cc1. The number of nitrogens with zero attached hydrogens (tertiary/aromatic N) is 3. The third kappa shape index (κ3) is 4.67. The van der Waals surface area contributed by atoms with Crippen molar-refractivity contribution in [2.24, 2.45) is 0 Å². The number of furan rings is 2. The number of aromatic nitrogens is 3. The molecule has 0 unspecified atom stereocenters. The Bertz CT molecular complexity index is 2800. The largest absolute Gasteiger partial charge is 0.456 e. The molecule has 0 N–H and O–H groups in total. The lowest BCUT2D eigenvalue weighted by molar-refractivity contribution is 0.669. The smallest absolute Gasteiger partial charge is 0.164 e. The molecule has 3 heterocycles. The van der Waals surface area contributed by atoms with E-state index in [9.17, 15) is 0 Å². The first kappa shape index (κ1) is 28.2. The fourth-order valence-electron chi connectivity index (χ4n) is 6.95. The van der Waals surface area contributed by atoms with Gasteiger partial charge in [0, 0.05) is 43.8 Å². The molecule has 234 valence electrons. The minimum atomic E-state index is 0.623. The van der Waals surface area contributed by atoms with E-state index < -0.39 is 0 Å². The topological polar surface area (TPSA) is 65.0 Å². The fourth-order valence-corrected chi connectivity index (χ4v) is 6.95. The summed E-state index contributed by atoms with van der Waals surface area (Å²) in [6.45, 7) is 0. The van der Waals surface area contributed by atoms with Gasteiger partial charge in [-0.3, -0.25) is 0 Å². The molecule has 0 saturated carbocycles. The first-order valence-electron chi connectivity index (χ1n) is 16.6. The molecule has 0 amide bonds. The zero-order valence-corrected chi connectivity index (χ0v) is 26.7. The van der Waals surface area contributed by atoms with E-state index in [2.05, 4.69) is 84.9 Å². The van der Waals surface area contributed by atoms with Crippen LogP contribution in [0.15, 0.2) is 173 Å². The van der Waals surface area contributed by atoms with Gasteiger partial charge in [0.15, 0.2) is 17.5 Å². The third-order valence-electron chi connectivity index (χ3n) is 9.36. The second-order valence-electron chi connectivity index (χ2n) is 12.4. The first-order valence-corrected chi connectivity index (χ1v) is 16.6. The van der Waals surface area contributed by atoms with Crippen molar-refractivity contribution in [1.82, 2.24) is 15.0 Å². The van der Waals surface area contributed by atoms with Gasteiger partial charge in [0.05, 0.1) is 0 Å². The predicted octanol–water partition coefficient (Wildman–Crippen LogP) is 12.0. The minimum absolute atomic E-state index is 0.623. The maximum absolute atomic E-state index is 6.64. The molecule has 0 bridgehead atoms. The lowest BCUT2D eigenvalue weighted by atomic mass is 9.96. The average Bonchev–Trinajstić information content (AvgIpc) is 3.77. The molecule has 0 saturated heterocycles. The summed E-state index contributed by atoms with van der Waals surface area (Å²) in [4.78, 5) is 14.6. The Morgan fingerprint density at radius 3 is 1.56 bits per heavy atom. The Morgan fingerprint density at radius 1 is 0.320 bits per heavy atom. The highest BCUT2D eigenvalue weighted by Crippen LogP contribution is 2.42. The van der Waals surface area contributed by atoms with Crippen molar-refractivity contribution in [2.75, 3.05) is 0 Å². The molecule has 3 aromatic heterocycles. The Kier molecular flexibility index (Phi) is 6.42. The van der Waals surface area contributed by atoms with E-state index in [-0.39, 0.29) is 0 Å². The van der Waals surface area contributed by atoms with Crippen LogP contribution in [-0.4, -0.2) is 15.0 Å². The Hall–Kier alpha value is -6.85. The lowest BCUT2D eigenvalue weighted by Crippen LogP contribution is -2.00. The van der Waals surface area contributed by atoms with Crippen LogP contribution in [0, 0.1) is 0 Å². The van der Waals surface area contributed by atoms with Crippen LogP contribution in [0.5, 0.6) is 0 Å². The van der Waals surface area contributed by atoms with E-state index in [4.69, 9.17) is 23.8 Å². The van der Waals surface area contributed by atoms with Crippen LogP contribution in [-0.2, 0) is 0 Å². The predicted molar refractivity (Wildman–Crippen MR) is 202 cm³/mol. The second kappa shape index (κ2) is 11.4. The molecule has 0 aliphatic rings. The number of fused-ring (bicyclic) bond motifs is 6. The molecule has 0 fully saturated rings. The Morgan fingerprint density at radius 2 is 0.840 bits per heavy atom. The van der Waals surface area contributed by atoms with Crippen molar-refractivity contribution in [2.45, 2.75) is 0 Å². The molecule has 0 spiro atoms. The van der Waals surface area contributed by atoms with Crippen molar-refractivity contribution in [3.8, 4) is 56.4 Å². The number of hydrogen-bond acceptors (Lipinski definition) is 5. The van der Waals surface area contributed by atoms with E-state index in [1.54, 1.807) is 0 Å². The van der Waals surface area contributed by atoms with Crippen LogP contribution in [0.3, 0.4) is 0 Å². The highest BCUT2D eigenvalue weighted by atomic mass is 16.3. The number of benzene rings is 7. The van der Waals surface area contributed by atoms with Crippen LogP contribution >= 0.6 is 0 Å². The summed E-state index contributed by atoms with van der Waals surface area (Å²) < 4.78 is 12.7. The summed E-state index contributed by atoms with van der Waals surface area (Å²) in [5.74, 6) is 1.90. The average molecular weight is 642 g/mol. The molecule has 5 heteroatoms. The number of rotatable bonds is 5. The van der Waals surface area contributed by atoms with Gasteiger partial charge >= 0.3 is 0 Å². The summed E-state index contributed by atoms with van der Waals surface area (Å²) in [6, 6.07) is 55.7. The summed E-state index contributed by atoms with van der Waals surface area (Å²) in [7, 11) is 0. The van der Waals surface area contributed by atoms with Crippen molar-refractivity contribution in [1.29, 1.82) is 0 Å². The van der Waals surface area contributed by atoms with E-state index in [0.717, 1.165) is 82.8 Å². The summed E-state index contributed by atoms with van der Waals surface area (Å²) in [5.41, 5.74) is 10.6. The number of para-hydroxylation sites is 2. The Labute approximate surface area is 287 Å². The number of hydrogen-bond donors (Lipinski definition) is 0. The van der Waals surface area contributed by atoms with E-state index >= 15 is 0 Å².